The molecular weight excluding hydrogens is 188 g/mol. The van der Waals surface area contributed by atoms with Crippen molar-refractivity contribution >= 4 is 5.69 Å². The predicted octanol–water partition coefficient (Wildman–Crippen LogP) is 2.35. The van der Waals surface area contributed by atoms with E-state index in [1.807, 2.05) is 26.1 Å². The third-order valence-electron chi connectivity index (χ3n) is 2.38. The maximum atomic E-state index is 8.50. The van der Waals surface area contributed by atoms with Gasteiger partial charge in [0.2, 0.25) is 0 Å². The summed E-state index contributed by atoms with van der Waals surface area (Å²) in [5, 5.41) is 8.50. The van der Waals surface area contributed by atoms with E-state index in [1.165, 1.54) is 0 Å². The Kier molecular flexibility index (Phi) is 3.99. The second-order valence-corrected chi connectivity index (χ2v) is 3.48. The number of anilines is 1. The van der Waals surface area contributed by atoms with Crippen LogP contribution in [0.1, 0.15) is 12.0 Å². The first-order valence-electron chi connectivity index (χ1n) is 4.91. The summed E-state index contributed by atoms with van der Waals surface area (Å²) in [6, 6.07) is 8.16. The fraction of sp³-hybridized carbons (Fsp3) is 0.417. The number of benzene rings is 1. The van der Waals surface area contributed by atoms with E-state index in [1.54, 1.807) is 7.11 Å². The fourth-order valence-corrected chi connectivity index (χ4v) is 1.45. The zero-order valence-corrected chi connectivity index (χ0v) is 9.45. The minimum atomic E-state index is 0.543. The SMILES string of the molecule is COc1ccc(N(C)CCC#N)cc1C. The average Bonchev–Trinajstić information content (AvgIpc) is 2.25. The van der Waals surface area contributed by atoms with Gasteiger partial charge in [0.05, 0.1) is 19.6 Å². The summed E-state index contributed by atoms with van der Waals surface area (Å²) >= 11 is 0. The Morgan fingerprint density at radius 2 is 2.20 bits per heavy atom. The van der Waals surface area contributed by atoms with E-state index in [4.69, 9.17) is 10.00 Å². The Hall–Kier alpha value is -1.69. The summed E-state index contributed by atoms with van der Waals surface area (Å²) < 4.78 is 5.19. The molecule has 0 spiro atoms. The minimum absolute atomic E-state index is 0.543. The first kappa shape index (κ1) is 11.4. The molecule has 1 rings (SSSR count). The van der Waals surface area contributed by atoms with E-state index in [0.717, 1.165) is 23.5 Å². The molecule has 3 nitrogen and oxygen atoms in total. The molecule has 1 aromatic rings. The summed E-state index contributed by atoms with van der Waals surface area (Å²) in [4.78, 5) is 2.07. The van der Waals surface area contributed by atoms with Crippen LogP contribution in [0.15, 0.2) is 18.2 Å². The summed E-state index contributed by atoms with van der Waals surface area (Å²) in [6.07, 6.45) is 0.543. The molecule has 0 N–H and O–H groups in total. The molecule has 0 saturated heterocycles. The van der Waals surface area contributed by atoms with Crippen LogP contribution >= 0.6 is 0 Å². The van der Waals surface area contributed by atoms with Crippen LogP contribution in [0.3, 0.4) is 0 Å². The van der Waals surface area contributed by atoms with E-state index in [2.05, 4.69) is 17.0 Å². The van der Waals surface area contributed by atoms with Crippen LogP contribution in [0.4, 0.5) is 5.69 Å². The van der Waals surface area contributed by atoms with Crippen molar-refractivity contribution in [2.75, 3.05) is 25.6 Å². The van der Waals surface area contributed by atoms with Crippen LogP contribution in [0.5, 0.6) is 5.75 Å². The first-order valence-corrected chi connectivity index (χ1v) is 4.91. The van der Waals surface area contributed by atoms with Gasteiger partial charge in [0.25, 0.3) is 0 Å². The number of nitrogens with zero attached hydrogens (tertiary/aromatic N) is 2. The van der Waals surface area contributed by atoms with Gasteiger partial charge >= 0.3 is 0 Å². The molecule has 3 heteroatoms. The van der Waals surface area contributed by atoms with Gasteiger partial charge in [0.1, 0.15) is 5.75 Å². The van der Waals surface area contributed by atoms with Gasteiger partial charge in [0, 0.05) is 19.3 Å². The molecule has 0 aliphatic rings. The Labute approximate surface area is 90.9 Å². The maximum absolute atomic E-state index is 8.50. The highest BCUT2D eigenvalue weighted by molar-refractivity contribution is 5.52. The molecule has 0 aromatic heterocycles. The molecule has 0 saturated carbocycles. The quantitative estimate of drug-likeness (QED) is 0.755. The molecule has 1 aromatic carbocycles. The van der Waals surface area contributed by atoms with E-state index in [9.17, 15) is 0 Å². The number of ether oxygens (including phenoxy) is 1. The fourth-order valence-electron chi connectivity index (χ4n) is 1.45. The van der Waals surface area contributed by atoms with Crippen LogP contribution in [0.2, 0.25) is 0 Å². The lowest BCUT2D eigenvalue weighted by Gasteiger charge is -2.18. The van der Waals surface area contributed by atoms with Gasteiger partial charge in [-0.15, -0.1) is 0 Å². The lowest BCUT2D eigenvalue weighted by atomic mass is 10.2. The number of methoxy groups -OCH3 is 1. The van der Waals surface area contributed by atoms with Crippen molar-refractivity contribution < 1.29 is 4.74 Å². The van der Waals surface area contributed by atoms with Gasteiger partial charge in [-0.25, -0.2) is 0 Å². The third kappa shape index (κ3) is 2.88. The molecule has 0 bridgehead atoms. The van der Waals surface area contributed by atoms with Gasteiger partial charge in [-0.1, -0.05) is 0 Å². The van der Waals surface area contributed by atoms with E-state index in [0.29, 0.717) is 6.42 Å². The molecule has 0 atom stereocenters. The number of nitriles is 1. The smallest absolute Gasteiger partial charge is 0.121 e. The molecule has 15 heavy (non-hydrogen) atoms. The summed E-state index contributed by atoms with van der Waals surface area (Å²) in [5.41, 5.74) is 2.22. The van der Waals surface area contributed by atoms with E-state index >= 15 is 0 Å². The van der Waals surface area contributed by atoms with Crippen molar-refractivity contribution in [2.24, 2.45) is 0 Å². The molecule has 0 heterocycles. The maximum Gasteiger partial charge on any atom is 0.121 e. The summed E-state index contributed by atoms with van der Waals surface area (Å²) in [7, 11) is 3.65. The molecule has 0 aliphatic carbocycles. The summed E-state index contributed by atoms with van der Waals surface area (Å²) in [6.45, 7) is 2.77. The topological polar surface area (TPSA) is 36.3 Å². The normalized spacial score (nSPS) is 9.47. The first-order chi connectivity index (χ1) is 7.19. The minimum Gasteiger partial charge on any atom is -0.496 e. The predicted molar refractivity (Wildman–Crippen MR) is 61.2 cm³/mol. The van der Waals surface area contributed by atoms with Crippen molar-refractivity contribution in [2.45, 2.75) is 13.3 Å². The van der Waals surface area contributed by atoms with Crippen LogP contribution < -0.4 is 9.64 Å². The van der Waals surface area contributed by atoms with Crippen LogP contribution in [-0.2, 0) is 0 Å². The molecule has 0 unspecified atom stereocenters. The lowest BCUT2D eigenvalue weighted by Crippen LogP contribution is -2.17. The Bertz CT molecular complexity index is 368. The highest BCUT2D eigenvalue weighted by atomic mass is 16.5. The molecule has 0 amide bonds. The van der Waals surface area contributed by atoms with Crippen LogP contribution in [0, 0.1) is 18.3 Å². The van der Waals surface area contributed by atoms with Gasteiger partial charge in [-0.2, -0.15) is 5.26 Å². The zero-order valence-electron chi connectivity index (χ0n) is 9.45. The lowest BCUT2D eigenvalue weighted by molar-refractivity contribution is 0.411. The third-order valence-corrected chi connectivity index (χ3v) is 2.38. The molecule has 80 valence electrons. The van der Waals surface area contributed by atoms with Crippen molar-refractivity contribution in [3.63, 3.8) is 0 Å². The van der Waals surface area contributed by atoms with Crippen molar-refractivity contribution in [3.8, 4) is 11.8 Å². The Balaban J connectivity index is 2.79. The number of rotatable bonds is 4. The van der Waals surface area contributed by atoms with E-state index in [-0.39, 0.29) is 0 Å². The molecule has 0 aliphatic heterocycles. The average molecular weight is 204 g/mol. The monoisotopic (exact) mass is 204 g/mol. The largest absolute Gasteiger partial charge is 0.496 e. The van der Waals surface area contributed by atoms with Gasteiger partial charge in [0.15, 0.2) is 0 Å². The van der Waals surface area contributed by atoms with Gasteiger partial charge in [-0.05, 0) is 30.7 Å². The number of aryl methyl sites for hydroxylation is 1. The van der Waals surface area contributed by atoms with Crippen molar-refractivity contribution in [3.05, 3.63) is 23.8 Å². The highest BCUT2D eigenvalue weighted by Gasteiger charge is 2.03. The Morgan fingerprint density at radius 3 is 2.73 bits per heavy atom. The zero-order chi connectivity index (χ0) is 11.3. The van der Waals surface area contributed by atoms with Crippen molar-refractivity contribution in [1.29, 1.82) is 5.26 Å². The standard InChI is InChI=1S/C12H16N2O/c1-10-9-11(5-6-12(10)15-3)14(2)8-4-7-13/h5-6,9H,4,8H2,1-3H3. The van der Waals surface area contributed by atoms with Crippen LogP contribution in [-0.4, -0.2) is 20.7 Å². The Morgan fingerprint density at radius 1 is 1.47 bits per heavy atom. The van der Waals surface area contributed by atoms with Crippen molar-refractivity contribution in [1.82, 2.24) is 0 Å². The second kappa shape index (κ2) is 5.26. The molecule has 0 radical (unpaired) electrons. The van der Waals surface area contributed by atoms with Gasteiger partial charge < -0.3 is 9.64 Å². The molecule has 0 fully saturated rings. The van der Waals surface area contributed by atoms with Gasteiger partial charge in [-0.3, -0.25) is 0 Å². The highest BCUT2D eigenvalue weighted by Crippen LogP contribution is 2.23. The number of hydrogen-bond donors (Lipinski definition) is 0. The summed E-state index contributed by atoms with van der Waals surface area (Å²) in [5.74, 6) is 0.896. The van der Waals surface area contributed by atoms with Crippen LogP contribution in [0.25, 0.3) is 0 Å². The number of hydrogen-bond acceptors (Lipinski definition) is 3. The molecular formula is C12H16N2O. The van der Waals surface area contributed by atoms with E-state index < -0.39 is 0 Å². The second-order valence-electron chi connectivity index (χ2n) is 3.48.